The van der Waals surface area contributed by atoms with Gasteiger partial charge >= 0.3 is 0 Å². The molecule has 0 radical (unpaired) electrons. The zero-order chi connectivity index (χ0) is 8.55. The van der Waals surface area contributed by atoms with Crippen molar-refractivity contribution in [2.75, 3.05) is 0 Å². The van der Waals surface area contributed by atoms with Gasteiger partial charge in [-0.15, -0.1) is 0 Å². The summed E-state index contributed by atoms with van der Waals surface area (Å²) in [6.45, 7) is 1.99. The van der Waals surface area contributed by atoms with Crippen LogP contribution < -0.4 is 4.98 Å². The Morgan fingerprint density at radius 2 is 2.17 bits per heavy atom. The van der Waals surface area contributed by atoms with Crippen molar-refractivity contribution >= 4 is 10.9 Å². The highest BCUT2D eigenvalue weighted by molar-refractivity contribution is 5.82. The Kier molecular flexibility index (Phi) is 1.47. The Morgan fingerprint density at radius 1 is 1.33 bits per heavy atom. The number of benzene rings is 1. The van der Waals surface area contributed by atoms with Crippen molar-refractivity contribution < 1.29 is 10.1 Å². The number of phenolic OH excluding ortho intramolecular Hbond substituents is 1. The van der Waals surface area contributed by atoms with Gasteiger partial charge in [0.1, 0.15) is 5.75 Å². The maximum Gasteiger partial charge on any atom is 0.214 e. The first-order chi connectivity index (χ1) is 5.77. The third-order valence-electron chi connectivity index (χ3n) is 1.91. The molecule has 0 aliphatic carbocycles. The van der Waals surface area contributed by atoms with Crippen molar-refractivity contribution in [3.8, 4) is 5.75 Å². The number of aromatic nitrogens is 1. The zero-order valence-corrected chi connectivity index (χ0v) is 6.83. The molecule has 1 heterocycles. The first-order valence-corrected chi connectivity index (χ1v) is 3.87. The van der Waals surface area contributed by atoms with Gasteiger partial charge in [0.2, 0.25) is 5.52 Å². The van der Waals surface area contributed by atoms with Gasteiger partial charge in [0, 0.05) is 11.6 Å². The van der Waals surface area contributed by atoms with Crippen LogP contribution in [-0.2, 0) is 0 Å². The number of fused-ring (bicyclic) bond motifs is 1. The molecule has 0 bridgehead atoms. The molecule has 0 amide bonds. The maximum absolute atomic E-state index is 9.48. The number of aryl methyl sites for hydroxylation is 1. The van der Waals surface area contributed by atoms with E-state index in [0.717, 1.165) is 16.5 Å². The highest BCUT2D eigenvalue weighted by Gasteiger charge is 2.03. The maximum atomic E-state index is 9.48. The normalized spacial score (nSPS) is 10.4. The number of hydrogen-bond acceptors (Lipinski definition) is 1. The van der Waals surface area contributed by atoms with Gasteiger partial charge < -0.3 is 5.11 Å². The molecule has 1 aromatic carbocycles. The second-order valence-electron chi connectivity index (χ2n) is 2.92. The summed E-state index contributed by atoms with van der Waals surface area (Å²) in [6, 6.07) is 7.41. The number of hydrogen-bond donors (Lipinski definition) is 1. The van der Waals surface area contributed by atoms with Crippen LogP contribution in [0.2, 0.25) is 0 Å². The van der Waals surface area contributed by atoms with Gasteiger partial charge in [0.05, 0.1) is 5.39 Å². The molecule has 60 valence electrons. The van der Waals surface area contributed by atoms with Crippen LogP contribution in [0.3, 0.4) is 0 Å². The van der Waals surface area contributed by atoms with Crippen molar-refractivity contribution in [3.63, 3.8) is 0 Å². The summed E-state index contributed by atoms with van der Waals surface area (Å²) in [5, 5.41) is 10.3. The average Bonchev–Trinajstić information content (AvgIpc) is 2.07. The molecule has 0 unspecified atom stereocenters. The van der Waals surface area contributed by atoms with Crippen molar-refractivity contribution in [2.24, 2.45) is 0 Å². The summed E-state index contributed by atoms with van der Waals surface area (Å²) < 4.78 is 0. The topological polar surface area (TPSA) is 34.4 Å². The minimum absolute atomic E-state index is 0.326. The number of H-pyrrole nitrogens is 1. The summed E-state index contributed by atoms with van der Waals surface area (Å²) >= 11 is 0. The molecule has 2 aromatic rings. The van der Waals surface area contributed by atoms with E-state index in [9.17, 15) is 5.11 Å². The Morgan fingerprint density at radius 3 is 3.00 bits per heavy atom. The molecule has 0 saturated carbocycles. The number of phenols is 1. The zero-order valence-electron chi connectivity index (χ0n) is 6.83. The standard InChI is InChI=1S/C10H9NO/c1-7-5-8-9(11-6-7)3-2-4-10(8)12/h2-6,12H,1H3/p+1. The van der Waals surface area contributed by atoms with Gasteiger partial charge in [-0.3, -0.25) is 0 Å². The number of rotatable bonds is 0. The van der Waals surface area contributed by atoms with E-state index in [1.807, 2.05) is 31.3 Å². The molecule has 0 atom stereocenters. The van der Waals surface area contributed by atoms with Crippen LogP contribution in [0, 0.1) is 6.92 Å². The van der Waals surface area contributed by atoms with E-state index >= 15 is 0 Å². The lowest BCUT2D eigenvalue weighted by Crippen LogP contribution is -2.02. The third-order valence-corrected chi connectivity index (χ3v) is 1.91. The summed E-state index contributed by atoms with van der Waals surface area (Å²) in [5.41, 5.74) is 2.07. The molecule has 12 heavy (non-hydrogen) atoms. The second kappa shape index (κ2) is 2.48. The second-order valence-corrected chi connectivity index (χ2v) is 2.92. The van der Waals surface area contributed by atoms with E-state index in [4.69, 9.17) is 0 Å². The smallest absolute Gasteiger partial charge is 0.214 e. The van der Waals surface area contributed by atoms with Crippen LogP contribution in [0.4, 0.5) is 0 Å². The molecule has 2 heteroatoms. The third kappa shape index (κ3) is 1.01. The molecule has 0 spiro atoms. The fourth-order valence-electron chi connectivity index (χ4n) is 1.29. The summed E-state index contributed by atoms with van der Waals surface area (Å²) in [4.78, 5) is 3.10. The van der Waals surface area contributed by atoms with E-state index in [0.29, 0.717) is 5.75 Å². The Balaban J connectivity index is 2.88. The number of nitrogens with one attached hydrogen (secondary N) is 1. The molecule has 2 rings (SSSR count). The average molecular weight is 160 g/mol. The highest BCUT2D eigenvalue weighted by Crippen LogP contribution is 2.21. The molecular weight excluding hydrogens is 150 g/mol. The summed E-state index contributed by atoms with van der Waals surface area (Å²) in [7, 11) is 0. The minimum atomic E-state index is 0.326. The first kappa shape index (κ1) is 7.10. The SMILES string of the molecule is Cc1c[nH+]c2cccc(O)c2c1. The van der Waals surface area contributed by atoms with Crippen LogP contribution in [0.5, 0.6) is 5.75 Å². The number of aromatic amines is 1. The minimum Gasteiger partial charge on any atom is -0.507 e. The molecular formula is C10H10NO+. The molecule has 2 N–H and O–H groups in total. The quantitative estimate of drug-likeness (QED) is 0.625. The van der Waals surface area contributed by atoms with E-state index in [1.54, 1.807) is 6.07 Å². The van der Waals surface area contributed by atoms with Gasteiger partial charge in [-0.25, -0.2) is 4.98 Å². The Bertz CT molecular complexity index is 423. The lowest BCUT2D eigenvalue weighted by Gasteiger charge is -1.95. The lowest BCUT2D eigenvalue weighted by atomic mass is 10.1. The summed E-state index contributed by atoms with van der Waals surface area (Å²) in [5.74, 6) is 0.326. The van der Waals surface area contributed by atoms with Gasteiger partial charge in [-0.2, -0.15) is 0 Å². The van der Waals surface area contributed by atoms with Crippen LogP contribution >= 0.6 is 0 Å². The van der Waals surface area contributed by atoms with Gasteiger partial charge in [-0.05, 0) is 19.1 Å². The van der Waals surface area contributed by atoms with Crippen LogP contribution in [0.1, 0.15) is 5.56 Å². The fraction of sp³-hybridized carbons (Fsp3) is 0.100. The largest absolute Gasteiger partial charge is 0.507 e. The predicted octanol–water partition coefficient (Wildman–Crippen LogP) is 1.67. The Hall–Kier alpha value is -1.57. The van der Waals surface area contributed by atoms with Crippen LogP contribution in [0.25, 0.3) is 10.9 Å². The van der Waals surface area contributed by atoms with E-state index in [-0.39, 0.29) is 0 Å². The van der Waals surface area contributed by atoms with Crippen molar-refractivity contribution in [1.29, 1.82) is 0 Å². The van der Waals surface area contributed by atoms with Gasteiger partial charge in [0.25, 0.3) is 0 Å². The fourth-order valence-corrected chi connectivity index (χ4v) is 1.29. The number of pyridine rings is 1. The van der Waals surface area contributed by atoms with Crippen LogP contribution in [-0.4, -0.2) is 5.11 Å². The van der Waals surface area contributed by atoms with E-state index in [1.165, 1.54) is 0 Å². The summed E-state index contributed by atoms with van der Waals surface area (Å²) in [6.07, 6.45) is 1.92. The van der Waals surface area contributed by atoms with E-state index < -0.39 is 0 Å². The molecule has 0 saturated heterocycles. The molecule has 0 fully saturated rings. The van der Waals surface area contributed by atoms with E-state index in [2.05, 4.69) is 4.98 Å². The predicted molar refractivity (Wildman–Crippen MR) is 46.9 cm³/mol. The van der Waals surface area contributed by atoms with Gasteiger partial charge in [0.15, 0.2) is 6.20 Å². The van der Waals surface area contributed by atoms with Crippen molar-refractivity contribution in [1.82, 2.24) is 0 Å². The highest BCUT2D eigenvalue weighted by atomic mass is 16.3. The van der Waals surface area contributed by atoms with Crippen molar-refractivity contribution in [3.05, 3.63) is 36.0 Å². The Labute approximate surface area is 70.5 Å². The van der Waals surface area contributed by atoms with Crippen molar-refractivity contribution in [2.45, 2.75) is 6.92 Å². The lowest BCUT2D eigenvalue weighted by molar-refractivity contribution is -0.345. The molecule has 0 aliphatic heterocycles. The molecule has 1 aromatic heterocycles. The van der Waals surface area contributed by atoms with Crippen LogP contribution in [0.15, 0.2) is 30.5 Å². The van der Waals surface area contributed by atoms with Gasteiger partial charge in [-0.1, -0.05) is 6.07 Å². The first-order valence-electron chi connectivity index (χ1n) is 3.87. The number of aromatic hydroxyl groups is 1. The molecule has 2 nitrogen and oxygen atoms in total. The molecule has 0 aliphatic rings. The monoisotopic (exact) mass is 160 g/mol.